The van der Waals surface area contributed by atoms with Gasteiger partial charge in [-0.05, 0) is 31.2 Å². The number of carbonyl (C=O) groups is 1. The predicted octanol–water partition coefficient (Wildman–Crippen LogP) is 4.23. The van der Waals surface area contributed by atoms with Gasteiger partial charge < -0.3 is 0 Å². The Morgan fingerprint density at radius 1 is 1.14 bits per heavy atom. The van der Waals surface area contributed by atoms with E-state index in [9.17, 15) is 23.7 Å². The molecule has 108 valence electrons. The maximum atomic E-state index is 13.6. The summed E-state index contributed by atoms with van der Waals surface area (Å²) in [6, 6.07) is 6.94. The minimum absolute atomic E-state index is 0.0649. The van der Waals surface area contributed by atoms with E-state index >= 15 is 0 Å². The summed E-state index contributed by atoms with van der Waals surface area (Å²) in [5.41, 5.74) is -0.0953. The molecule has 21 heavy (non-hydrogen) atoms. The Labute approximate surface area is 122 Å². The van der Waals surface area contributed by atoms with E-state index in [1.165, 1.54) is 25.1 Å². The number of nitrogens with zero attached hydrogens (tertiary/aromatic N) is 1. The molecule has 2 aromatic carbocycles. The smallest absolute Gasteiger partial charge is 0.283 e. The van der Waals surface area contributed by atoms with Gasteiger partial charge in [0.15, 0.2) is 5.78 Å². The summed E-state index contributed by atoms with van der Waals surface area (Å²) < 4.78 is 26.4. The monoisotopic (exact) mass is 309 g/mol. The Morgan fingerprint density at radius 2 is 1.81 bits per heavy atom. The first-order valence-electron chi connectivity index (χ1n) is 5.81. The fourth-order valence-corrected chi connectivity index (χ4v) is 2.55. The Morgan fingerprint density at radius 3 is 2.38 bits per heavy atom. The molecule has 0 amide bonds. The Kier molecular flexibility index (Phi) is 4.32. The molecule has 0 aliphatic carbocycles. The van der Waals surface area contributed by atoms with E-state index in [2.05, 4.69) is 0 Å². The van der Waals surface area contributed by atoms with E-state index in [0.717, 1.165) is 23.9 Å². The molecule has 0 saturated heterocycles. The normalized spacial score (nSPS) is 10.4. The van der Waals surface area contributed by atoms with E-state index in [-0.39, 0.29) is 26.8 Å². The number of benzene rings is 2. The summed E-state index contributed by atoms with van der Waals surface area (Å²) >= 11 is 0.804. The highest BCUT2D eigenvalue weighted by atomic mass is 32.2. The van der Waals surface area contributed by atoms with Crippen LogP contribution in [0.4, 0.5) is 14.5 Å². The lowest BCUT2D eigenvalue weighted by atomic mass is 10.1. The van der Waals surface area contributed by atoms with Gasteiger partial charge in [-0.2, -0.15) is 0 Å². The maximum absolute atomic E-state index is 13.6. The van der Waals surface area contributed by atoms with Gasteiger partial charge in [0.2, 0.25) is 0 Å². The number of ketones is 1. The molecule has 0 aromatic heterocycles. The molecule has 0 aliphatic heterocycles. The Bertz CT molecular complexity index is 734. The van der Waals surface area contributed by atoms with Gasteiger partial charge >= 0.3 is 0 Å². The topological polar surface area (TPSA) is 60.2 Å². The number of hydrogen-bond donors (Lipinski definition) is 0. The third kappa shape index (κ3) is 3.43. The standard InChI is InChI=1S/C14H9F2NO3S/c1-8(18)9-2-4-14(12(6-9)17(19)20)21-13-5-3-10(15)7-11(13)16/h2-7H,1H3. The first-order chi connectivity index (χ1) is 9.88. The van der Waals surface area contributed by atoms with Crippen LogP contribution in [0.15, 0.2) is 46.2 Å². The molecule has 0 fully saturated rings. The van der Waals surface area contributed by atoms with Gasteiger partial charge in [-0.1, -0.05) is 11.8 Å². The van der Waals surface area contributed by atoms with Gasteiger partial charge in [0.25, 0.3) is 5.69 Å². The van der Waals surface area contributed by atoms with Crippen LogP contribution in [0.5, 0.6) is 0 Å². The van der Waals surface area contributed by atoms with Crippen LogP contribution in [0.2, 0.25) is 0 Å². The average Bonchev–Trinajstić information content (AvgIpc) is 2.41. The highest BCUT2D eigenvalue weighted by Gasteiger charge is 2.18. The predicted molar refractivity (Wildman–Crippen MR) is 73.6 cm³/mol. The summed E-state index contributed by atoms with van der Waals surface area (Å²) in [4.78, 5) is 21.9. The van der Waals surface area contributed by atoms with Gasteiger partial charge in [0.05, 0.1) is 9.82 Å². The number of rotatable bonds is 4. The van der Waals surface area contributed by atoms with Crippen LogP contribution in [-0.2, 0) is 0 Å². The summed E-state index contributed by atoms with van der Waals surface area (Å²) in [5, 5.41) is 11.1. The number of carbonyl (C=O) groups excluding carboxylic acids is 1. The lowest BCUT2D eigenvalue weighted by Gasteiger charge is -2.05. The lowest BCUT2D eigenvalue weighted by Crippen LogP contribution is -1.97. The van der Waals surface area contributed by atoms with E-state index in [0.29, 0.717) is 6.07 Å². The first kappa shape index (κ1) is 15.1. The fraction of sp³-hybridized carbons (Fsp3) is 0.0714. The number of halogens is 2. The van der Waals surface area contributed by atoms with Gasteiger partial charge in [-0.15, -0.1) is 0 Å². The molecular formula is C14H9F2NO3S. The number of nitro groups is 1. The second-order valence-electron chi connectivity index (χ2n) is 4.17. The molecule has 0 heterocycles. The first-order valence-corrected chi connectivity index (χ1v) is 6.62. The largest absolute Gasteiger partial charge is 0.295 e. The SMILES string of the molecule is CC(=O)c1ccc(Sc2ccc(F)cc2F)c([N+](=O)[O-])c1. The van der Waals surface area contributed by atoms with Crippen LogP contribution in [0.25, 0.3) is 0 Å². The zero-order valence-electron chi connectivity index (χ0n) is 10.8. The van der Waals surface area contributed by atoms with Crippen LogP contribution in [0, 0.1) is 21.7 Å². The summed E-state index contributed by atoms with van der Waals surface area (Å²) in [6.45, 7) is 1.30. The lowest BCUT2D eigenvalue weighted by molar-refractivity contribution is -0.387. The number of Topliss-reactive ketones (excluding diaryl/α,β-unsaturated/α-hetero) is 1. The van der Waals surface area contributed by atoms with E-state index in [4.69, 9.17) is 0 Å². The molecule has 0 N–H and O–H groups in total. The zero-order valence-corrected chi connectivity index (χ0v) is 11.6. The maximum Gasteiger partial charge on any atom is 0.283 e. The van der Waals surface area contributed by atoms with Crippen LogP contribution in [-0.4, -0.2) is 10.7 Å². The van der Waals surface area contributed by atoms with Crippen molar-refractivity contribution >= 4 is 23.2 Å². The van der Waals surface area contributed by atoms with Crippen molar-refractivity contribution in [3.63, 3.8) is 0 Å². The van der Waals surface area contributed by atoms with Crippen molar-refractivity contribution in [1.29, 1.82) is 0 Å². The minimum atomic E-state index is -0.801. The fourth-order valence-electron chi connectivity index (χ4n) is 1.64. The molecule has 0 radical (unpaired) electrons. The molecular weight excluding hydrogens is 300 g/mol. The summed E-state index contributed by atoms with van der Waals surface area (Å²) in [5.74, 6) is -1.83. The number of hydrogen-bond acceptors (Lipinski definition) is 4. The van der Waals surface area contributed by atoms with Gasteiger partial charge in [0, 0.05) is 22.6 Å². The molecule has 2 rings (SSSR count). The van der Waals surface area contributed by atoms with Crippen molar-refractivity contribution in [1.82, 2.24) is 0 Å². The van der Waals surface area contributed by atoms with Crippen molar-refractivity contribution in [3.8, 4) is 0 Å². The van der Waals surface area contributed by atoms with Crippen molar-refractivity contribution in [3.05, 3.63) is 63.7 Å². The summed E-state index contributed by atoms with van der Waals surface area (Å²) in [6.07, 6.45) is 0. The van der Waals surface area contributed by atoms with Crippen LogP contribution in [0.3, 0.4) is 0 Å². The number of nitro benzene ring substituents is 1. The molecule has 0 atom stereocenters. The van der Waals surface area contributed by atoms with Gasteiger partial charge in [-0.25, -0.2) is 8.78 Å². The van der Waals surface area contributed by atoms with Gasteiger partial charge in [-0.3, -0.25) is 14.9 Å². The third-order valence-corrected chi connectivity index (χ3v) is 3.79. The van der Waals surface area contributed by atoms with Gasteiger partial charge in [0.1, 0.15) is 11.6 Å². The average molecular weight is 309 g/mol. The van der Waals surface area contributed by atoms with Crippen molar-refractivity contribution in [2.24, 2.45) is 0 Å². The summed E-state index contributed by atoms with van der Waals surface area (Å²) in [7, 11) is 0. The second-order valence-corrected chi connectivity index (χ2v) is 5.26. The molecule has 0 saturated carbocycles. The third-order valence-electron chi connectivity index (χ3n) is 2.68. The molecule has 0 aliphatic rings. The highest BCUT2D eigenvalue weighted by molar-refractivity contribution is 7.99. The highest BCUT2D eigenvalue weighted by Crippen LogP contribution is 2.36. The molecule has 7 heteroatoms. The molecule has 0 unspecified atom stereocenters. The quantitative estimate of drug-likeness (QED) is 0.482. The molecule has 4 nitrogen and oxygen atoms in total. The van der Waals surface area contributed by atoms with Crippen molar-refractivity contribution in [2.45, 2.75) is 16.7 Å². The van der Waals surface area contributed by atoms with Crippen molar-refractivity contribution in [2.75, 3.05) is 0 Å². The van der Waals surface area contributed by atoms with E-state index in [1.807, 2.05) is 0 Å². The molecule has 0 spiro atoms. The Hall–Kier alpha value is -2.28. The van der Waals surface area contributed by atoms with Crippen LogP contribution in [0.1, 0.15) is 17.3 Å². The van der Waals surface area contributed by atoms with Crippen LogP contribution < -0.4 is 0 Å². The van der Waals surface area contributed by atoms with Crippen molar-refractivity contribution < 1.29 is 18.5 Å². The zero-order chi connectivity index (χ0) is 15.6. The Balaban J connectivity index is 2.44. The second kappa shape index (κ2) is 6.01. The molecule has 0 bridgehead atoms. The van der Waals surface area contributed by atoms with Crippen LogP contribution >= 0.6 is 11.8 Å². The molecule has 2 aromatic rings. The van der Waals surface area contributed by atoms with E-state index < -0.39 is 16.6 Å². The van der Waals surface area contributed by atoms with E-state index in [1.54, 1.807) is 0 Å². The minimum Gasteiger partial charge on any atom is -0.295 e.